The minimum absolute atomic E-state index is 0.0996. The molecule has 144 valence electrons. The van der Waals surface area contributed by atoms with Gasteiger partial charge in [0.2, 0.25) is 0 Å². The molecule has 29 heavy (non-hydrogen) atoms. The zero-order chi connectivity index (χ0) is 19.8. The number of pyridine rings is 1. The van der Waals surface area contributed by atoms with E-state index < -0.39 is 0 Å². The Morgan fingerprint density at radius 3 is 2.76 bits per heavy atom. The number of anilines is 1. The molecule has 1 aliphatic heterocycles. The Labute approximate surface area is 169 Å². The Kier molecular flexibility index (Phi) is 4.28. The van der Waals surface area contributed by atoms with Gasteiger partial charge in [-0.25, -0.2) is 4.79 Å². The van der Waals surface area contributed by atoms with Crippen LogP contribution in [0.15, 0.2) is 73.1 Å². The van der Waals surface area contributed by atoms with Crippen LogP contribution >= 0.6 is 0 Å². The van der Waals surface area contributed by atoms with Crippen LogP contribution in [0.25, 0.3) is 10.9 Å². The van der Waals surface area contributed by atoms with Crippen LogP contribution in [-0.4, -0.2) is 27.4 Å². The highest BCUT2D eigenvalue weighted by Gasteiger charge is 2.34. The molecule has 2 aromatic carbocycles. The molecule has 5 rings (SSSR count). The number of aromatic nitrogens is 2. The molecule has 0 saturated heterocycles. The summed E-state index contributed by atoms with van der Waals surface area (Å²) in [5, 5.41) is 4.33. The summed E-state index contributed by atoms with van der Waals surface area (Å²) in [5.74, 6) is 0. The second-order valence-corrected chi connectivity index (χ2v) is 7.44. The number of urea groups is 1. The van der Waals surface area contributed by atoms with Gasteiger partial charge >= 0.3 is 6.03 Å². The van der Waals surface area contributed by atoms with Crippen molar-refractivity contribution in [3.63, 3.8) is 0 Å². The highest BCUT2D eigenvalue weighted by atomic mass is 16.2. The van der Waals surface area contributed by atoms with Crippen molar-refractivity contribution in [1.29, 1.82) is 0 Å². The molecule has 1 atom stereocenters. The largest absolute Gasteiger partial charge is 0.356 e. The van der Waals surface area contributed by atoms with E-state index in [0.29, 0.717) is 6.54 Å². The first-order valence-corrected chi connectivity index (χ1v) is 9.85. The van der Waals surface area contributed by atoms with Gasteiger partial charge in [-0.1, -0.05) is 42.5 Å². The van der Waals surface area contributed by atoms with Crippen molar-refractivity contribution >= 4 is 22.6 Å². The van der Waals surface area contributed by atoms with Gasteiger partial charge in [-0.15, -0.1) is 0 Å². The minimum atomic E-state index is -0.205. The van der Waals surface area contributed by atoms with Gasteiger partial charge < -0.3 is 15.2 Å². The van der Waals surface area contributed by atoms with Crippen molar-refractivity contribution in [3.8, 4) is 0 Å². The van der Waals surface area contributed by atoms with Crippen LogP contribution in [0.4, 0.5) is 10.5 Å². The van der Waals surface area contributed by atoms with E-state index in [0.717, 1.165) is 34.4 Å². The Hall–Kier alpha value is -3.60. The molecular weight excluding hydrogens is 360 g/mol. The molecule has 5 nitrogen and oxygen atoms in total. The molecular formula is C24H22N4O. The Morgan fingerprint density at radius 1 is 1.10 bits per heavy atom. The number of nitrogens with one attached hydrogen (secondary N) is 2. The maximum absolute atomic E-state index is 13.3. The molecule has 0 spiro atoms. The number of carbonyl (C=O) groups is 1. The molecule has 1 aliphatic rings. The minimum Gasteiger partial charge on any atom is -0.356 e. The number of aromatic amines is 1. The van der Waals surface area contributed by atoms with Crippen LogP contribution < -0.4 is 5.32 Å². The third-order valence-electron chi connectivity index (χ3n) is 5.68. The first-order valence-electron chi connectivity index (χ1n) is 9.85. The van der Waals surface area contributed by atoms with Crippen LogP contribution in [-0.2, 0) is 6.42 Å². The van der Waals surface area contributed by atoms with E-state index in [2.05, 4.69) is 33.5 Å². The molecule has 0 bridgehead atoms. The summed E-state index contributed by atoms with van der Waals surface area (Å²) in [7, 11) is 0. The lowest BCUT2D eigenvalue weighted by Crippen LogP contribution is -2.43. The molecule has 5 heteroatoms. The zero-order valence-electron chi connectivity index (χ0n) is 16.2. The van der Waals surface area contributed by atoms with Gasteiger partial charge in [0.1, 0.15) is 6.04 Å². The van der Waals surface area contributed by atoms with Crippen molar-refractivity contribution in [2.24, 2.45) is 0 Å². The predicted molar refractivity (Wildman–Crippen MR) is 115 cm³/mol. The number of aryl methyl sites for hydroxylation is 1. The first kappa shape index (κ1) is 17.5. The first-order chi connectivity index (χ1) is 14.2. The van der Waals surface area contributed by atoms with Crippen LogP contribution in [0.2, 0.25) is 0 Å². The van der Waals surface area contributed by atoms with Crippen LogP contribution in [0.1, 0.15) is 28.4 Å². The van der Waals surface area contributed by atoms with E-state index in [1.165, 1.54) is 10.9 Å². The average molecular weight is 382 g/mol. The van der Waals surface area contributed by atoms with Crippen LogP contribution in [0.3, 0.4) is 0 Å². The summed E-state index contributed by atoms with van der Waals surface area (Å²) in [6.07, 6.45) is 4.42. The lowest BCUT2D eigenvalue weighted by Gasteiger charge is -2.36. The third kappa shape index (κ3) is 3.05. The molecule has 0 radical (unpaired) electrons. The van der Waals surface area contributed by atoms with Gasteiger partial charge in [0.05, 0.1) is 0 Å². The van der Waals surface area contributed by atoms with Crippen molar-refractivity contribution in [3.05, 3.63) is 95.4 Å². The molecule has 3 heterocycles. The molecule has 0 fully saturated rings. The standard InChI is InChI=1S/C24H22N4O/c1-16-7-2-4-10-20(16)27-24(29)28-14-12-19-18-9-3-5-11-21(18)26-22(19)23(28)17-8-6-13-25-15-17/h2-11,13,15,23,26H,12,14H2,1H3,(H,27,29)/t23-/m0/s1. The molecule has 0 unspecified atom stereocenters. The number of amides is 2. The lowest BCUT2D eigenvalue weighted by atomic mass is 9.93. The van der Waals surface area contributed by atoms with E-state index in [1.54, 1.807) is 6.20 Å². The van der Waals surface area contributed by atoms with E-state index >= 15 is 0 Å². The highest BCUT2D eigenvalue weighted by molar-refractivity contribution is 5.92. The quantitative estimate of drug-likeness (QED) is 0.510. The number of benzene rings is 2. The fraction of sp³-hybridized carbons (Fsp3) is 0.167. The van der Waals surface area contributed by atoms with Crippen LogP contribution in [0.5, 0.6) is 0 Å². The highest BCUT2D eigenvalue weighted by Crippen LogP contribution is 2.38. The van der Waals surface area contributed by atoms with E-state index in [-0.39, 0.29) is 12.1 Å². The molecule has 2 aromatic heterocycles. The Bertz CT molecular complexity index is 1180. The van der Waals surface area contributed by atoms with Gasteiger partial charge in [0.15, 0.2) is 0 Å². The lowest BCUT2D eigenvalue weighted by molar-refractivity contribution is 0.193. The van der Waals surface area contributed by atoms with Crippen molar-refractivity contribution in [2.45, 2.75) is 19.4 Å². The molecule has 2 N–H and O–H groups in total. The summed E-state index contributed by atoms with van der Waals surface area (Å²) in [6, 6.07) is 19.8. The number of nitrogens with zero attached hydrogens (tertiary/aromatic N) is 2. The smallest absolute Gasteiger partial charge is 0.322 e. The van der Waals surface area contributed by atoms with Crippen molar-refractivity contribution in [2.75, 3.05) is 11.9 Å². The fourth-order valence-corrected chi connectivity index (χ4v) is 4.24. The number of carbonyl (C=O) groups excluding carboxylic acids is 1. The molecule has 0 saturated carbocycles. The summed E-state index contributed by atoms with van der Waals surface area (Å²) in [6.45, 7) is 2.65. The van der Waals surface area contributed by atoms with Gasteiger partial charge in [0.25, 0.3) is 0 Å². The normalized spacial score (nSPS) is 15.9. The number of para-hydroxylation sites is 2. The monoisotopic (exact) mass is 382 g/mol. The summed E-state index contributed by atoms with van der Waals surface area (Å²) in [5.41, 5.74) is 6.35. The number of hydrogen-bond donors (Lipinski definition) is 2. The number of fused-ring (bicyclic) bond motifs is 3. The second-order valence-electron chi connectivity index (χ2n) is 7.44. The summed E-state index contributed by atoms with van der Waals surface area (Å²) in [4.78, 5) is 23.1. The molecule has 0 aliphatic carbocycles. The van der Waals surface area contributed by atoms with Crippen LogP contribution in [0, 0.1) is 6.92 Å². The Balaban J connectivity index is 1.58. The fourth-order valence-electron chi connectivity index (χ4n) is 4.24. The number of rotatable bonds is 2. The van der Waals surface area contributed by atoms with Gasteiger partial charge in [-0.3, -0.25) is 4.98 Å². The zero-order valence-corrected chi connectivity index (χ0v) is 16.2. The summed E-state index contributed by atoms with van der Waals surface area (Å²) >= 11 is 0. The Morgan fingerprint density at radius 2 is 1.93 bits per heavy atom. The third-order valence-corrected chi connectivity index (χ3v) is 5.68. The number of H-pyrrole nitrogens is 1. The predicted octanol–water partition coefficient (Wildman–Crippen LogP) is 5.05. The van der Waals surface area contributed by atoms with Crippen molar-refractivity contribution < 1.29 is 4.79 Å². The van der Waals surface area contributed by atoms with Gasteiger partial charge in [-0.05, 0) is 48.2 Å². The molecule has 2 amide bonds. The summed E-state index contributed by atoms with van der Waals surface area (Å²) < 4.78 is 0. The van der Waals surface area contributed by atoms with E-state index in [1.807, 2.05) is 60.5 Å². The number of hydrogen-bond acceptors (Lipinski definition) is 2. The van der Waals surface area contributed by atoms with E-state index in [9.17, 15) is 4.79 Å². The van der Waals surface area contributed by atoms with Gasteiger partial charge in [-0.2, -0.15) is 0 Å². The van der Waals surface area contributed by atoms with Crippen molar-refractivity contribution in [1.82, 2.24) is 14.9 Å². The SMILES string of the molecule is Cc1ccccc1NC(=O)N1CCc2c([nH]c3ccccc23)[C@@H]1c1cccnc1. The molecule has 4 aromatic rings. The second kappa shape index (κ2) is 7.09. The van der Waals surface area contributed by atoms with E-state index in [4.69, 9.17) is 0 Å². The topological polar surface area (TPSA) is 61.0 Å². The maximum Gasteiger partial charge on any atom is 0.322 e. The average Bonchev–Trinajstić information content (AvgIpc) is 3.14. The maximum atomic E-state index is 13.3. The van der Waals surface area contributed by atoms with Gasteiger partial charge in [0, 0.05) is 41.2 Å².